The molecule has 2 rings (SSSR count). The van der Waals surface area contributed by atoms with E-state index in [2.05, 4.69) is 10.9 Å². The maximum Gasteiger partial charge on any atom is 0.280 e. The van der Waals surface area contributed by atoms with Gasteiger partial charge in [0.15, 0.2) is 5.78 Å². The molecule has 8 nitrogen and oxygen atoms in total. The summed E-state index contributed by atoms with van der Waals surface area (Å²) in [5.74, 6) is -0.344. The van der Waals surface area contributed by atoms with Gasteiger partial charge in [-0.25, -0.2) is 0 Å². The number of benzene rings is 2. The van der Waals surface area contributed by atoms with Crippen LogP contribution in [0.2, 0.25) is 0 Å². The van der Waals surface area contributed by atoms with Crippen LogP contribution < -0.4 is 15.6 Å². The van der Waals surface area contributed by atoms with E-state index in [0.717, 1.165) is 6.08 Å². The first-order chi connectivity index (χ1) is 12.0. The van der Waals surface area contributed by atoms with E-state index in [0.29, 0.717) is 11.3 Å². The Labute approximate surface area is 143 Å². The molecule has 0 unspecified atom stereocenters. The lowest BCUT2D eigenvalue weighted by Gasteiger charge is -2.05. The molecule has 25 heavy (non-hydrogen) atoms. The van der Waals surface area contributed by atoms with Gasteiger partial charge in [0.1, 0.15) is 5.75 Å². The van der Waals surface area contributed by atoms with Crippen molar-refractivity contribution in [2.75, 3.05) is 7.11 Å². The lowest BCUT2D eigenvalue weighted by molar-refractivity contribution is -0.385. The molecule has 0 aromatic heterocycles. The van der Waals surface area contributed by atoms with E-state index in [9.17, 15) is 19.7 Å². The summed E-state index contributed by atoms with van der Waals surface area (Å²) in [7, 11) is 1.52. The molecule has 2 N–H and O–H groups in total. The molecule has 0 spiro atoms. The molecule has 0 atom stereocenters. The largest absolute Gasteiger partial charge is 0.497 e. The van der Waals surface area contributed by atoms with E-state index in [1.165, 1.54) is 37.6 Å². The zero-order valence-electron chi connectivity index (χ0n) is 13.3. The number of para-hydroxylation sites is 1. The molecule has 0 aliphatic heterocycles. The Balaban J connectivity index is 1.93. The zero-order valence-corrected chi connectivity index (χ0v) is 13.3. The number of nitro benzene ring substituents is 1. The van der Waals surface area contributed by atoms with Crippen LogP contribution in [-0.4, -0.2) is 23.7 Å². The van der Waals surface area contributed by atoms with E-state index < -0.39 is 16.6 Å². The topological polar surface area (TPSA) is 111 Å². The number of carbonyl (C=O) groups is 2. The molecule has 0 fully saturated rings. The molecule has 0 bridgehead atoms. The minimum Gasteiger partial charge on any atom is -0.497 e. The van der Waals surface area contributed by atoms with Gasteiger partial charge in [0, 0.05) is 23.9 Å². The highest BCUT2D eigenvalue weighted by Crippen LogP contribution is 2.18. The van der Waals surface area contributed by atoms with Crippen LogP contribution in [0.25, 0.3) is 0 Å². The highest BCUT2D eigenvalue weighted by Gasteiger charge is 2.16. The number of methoxy groups -OCH3 is 1. The number of ketones is 1. The lowest BCUT2D eigenvalue weighted by atomic mass is 10.1. The number of hydrogen-bond acceptors (Lipinski definition) is 6. The molecule has 128 valence electrons. The Morgan fingerprint density at radius 1 is 1.12 bits per heavy atom. The average molecular weight is 341 g/mol. The standard InChI is InChI=1S/C17H15N3O5/c1-25-13-8-6-12(7-9-13)17(22)19-18-11-10-16(21)14-4-2-3-5-15(14)20(23)24/h2-11,18H,1H3,(H,19,22)/b11-10+. The van der Waals surface area contributed by atoms with Crippen LogP contribution in [0.5, 0.6) is 5.75 Å². The molecule has 0 saturated heterocycles. The highest BCUT2D eigenvalue weighted by molar-refractivity contribution is 6.07. The van der Waals surface area contributed by atoms with Crippen LogP contribution in [0.3, 0.4) is 0 Å². The maximum absolute atomic E-state index is 12.0. The van der Waals surface area contributed by atoms with Crippen molar-refractivity contribution in [3.63, 3.8) is 0 Å². The monoisotopic (exact) mass is 341 g/mol. The number of carbonyl (C=O) groups excluding carboxylic acids is 2. The van der Waals surface area contributed by atoms with E-state index in [-0.39, 0.29) is 11.3 Å². The smallest absolute Gasteiger partial charge is 0.280 e. The van der Waals surface area contributed by atoms with Gasteiger partial charge in [0.25, 0.3) is 11.6 Å². The second kappa shape index (κ2) is 8.25. The van der Waals surface area contributed by atoms with Crippen molar-refractivity contribution in [2.24, 2.45) is 0 Å². The van der Waals surface area contributed by atoms with Crippen molar-refractivity contribution in [3.05, 3.63) is 82.0 Å². The Hall–Kier alpha value is -3.68. The minimum atomic E-state index is -0.625. The first-order valence-corrected chi connectivity index (χ1v) is 7.17. The minimum absolute atomic E-state index is 0.0352. The van der Waals surface area contributed by atoms with Crippen LogP contribution in [-0.2, 0) is 0 Å². The van der Waals surface area contributed by atoms with Crippen molar-refractivity contribution < 1.29 is 19.2 Å². The van der Waals surface area contributed by atoms with E-state index in [1.807, 2.05) is 0 Å². The number of nitrogens with zero attached hydrogens (tertiary/aromatic N) is 1. The Morgan fingerprint density at radius 2 is 1.80 bits per heavy atom. The summed E-state index contributed by atoms with van der Waals surface area (Å²) in [5.41, 5.74) is 4.92. The summed E-state index contributed by atoms with van der Waals surface area (Å²) in [6.45, 7) is 0. The van der Waals surface area contributed by atoms with Crippen molar-refractivity contribution >= 4 is 17.4 Å². The SMILES string of the molecule is COc1ccc(C(=O)NN/C=C/C(=O)c2ccccc2[N+](=O)[O-])cc1. The summed E-state index contributed by atoms with van der Waals surface area (Å²) in [4.78, 5) is 34.1. The van der Waals surface area contributed by atoms with Gasteiger partial charge in [-0.1, -0.05) is 12.1 Å². The van der Waals surface area contributed by atoms with Gasteiger partial charge in [0.05, 0.1) is 17.6 Å². The second-order valence-corrected chi connectivity index (χ2v) is 4.80. The summed E-state index contributed by atoms with van der Waals surface area (Å²) >= 11 is 0. The fourth-order valence-electron chi connectivity index (χ4n) is 1.97. The molecule has 0 saturated carbocycles. The van der Waals surface area contributed by atoms with Gasteiger partial charge < -0.3 is 10.2 Å². The normalized spacial score (nSPS) is 10.3. The third-order valence-corrected chi connectivity index (χ3v) is 3.22. The molecular weight excluding hydrogens is 326 g/mol. The first-order valence-electron chi connectivity index (χ1n) is 7.17. The molecule has 1 amide bonds. The number of hydrogen-bond donors (Lipinski definition) is 2. The van der Waals surface area contributed by atoms with Crippen LogP contribution in [0, 0.1) is 10.1 Å². The van der Waals surface area contributed by atoms with Crippen molar-refractivity contribution in [2.45, 2.75) is 0 Å². The average Bonchev–Trinajstić information content (AvgIpc) is 2.64. The third kappa shape index (κ3) is 4.64. The quantitative estimate of drug-likeness (QED) is 0.346. The molecule has 0 radical (unpaired) electrons. The zero-order chi connectivity index (χ0) is 18.2. The highest BCUT2D eigenvalue weighted by atomic mass is 16.6. The van der Waals surface area contributed by atoms with Crippen molar-refractivity contribution in [3.8, 4) is 5.75 Å². The number of hydrazine groups is 1. The van der Waals surface area contributed by atoms with Gasteiger partial charge in [-0.3, -0.25) is 25.1 Å². The second-order valence-electron chi connectivity index (χ2n) is 4.80. The van der Waals surface area contributed by atoms with Crippen LogP contribution in [0.15, 0.2) is 60.8 Å². The summed E-state index contributed by atoms with van der Waals surface area (Å²) in [6.07, 6.45) is 2.29. The number of allylic oxidation sites excluding steroid dienone is 1. The van der Waals surface area contributed by atoms with E-state index >= 15 is 0 Å². The first kappa shape index (κ1) is 17.7. The maximum atomic E-state index is 12.0. The van der Waals surface area contributed by atoms with Crippen LogP contribution in [0.4, 0.5) is 5.69 Å². The van der Waals surface area contributed by atoms with Crippen molar-refractivity contribution in [1.82, 2.24) is 10.9 Å². The van der Waals surface area contributed by atoms with Gasteiger partial charge >= 0.3 is 0 Å². The summed E-state index contributed by atoms with van der Waals surface area (Å²) < 4.78 is 5.00. The van der Waals surface area contributed by atoms with Crippen LogP contribution in [0.1, 0.15) is 20.7 Å². The number of rotatable bonds is 7. The fourth-order valence-corrected chi connectivity index (χ4v) is 1.97. The molecule has 2 aromatic carbocycles. The molecule has 0 heterocycles. The van der Waals surface area contributed by atoms with E-state index in [4.69, 9.17) is 4.74 Å². The summed E-state index contributed by atoms with van der Waals surface area (Å²) in [6, 6.07) is 12.1. The Bertz CT molecular complexity index is 815. The van der Waals surface area contributed by atoms with Crippen LogP contribution >= 0.6 is 0 Å². The summed E-state index contributed by atoms with van der Waals surface area (Å²) in [5, 5.41) is 10.9. The molecule has 8 heteroatoms. The predicted octanol–water partition coefficient (Wildman–Crippen LogP) is 2.23. The van der Waals surface area contributed by atoms with Crippen molar-refractivity contribution in [1.29, 1.82) is 0 Å². The number of amides is 1. The van der Waals surface area contributed by atoms with E-state index in [1.54, 1.807) is 24.3 Å². The third-order valence-electron chi connectivity index (χ3n) is 3.22. The Morgan fingerprint density at radius 3 is 2.44 bits per heavy atom. The molecular formula is C17H15N3O5. The van der Waals surface area contributed by atoms with Gasteiger partial charge in [-0.2, -0.15) is 0 Å². The van der Waals surface area contributed by atoms with Gasteiger partial charge in [-0.15, -0.1) is 0 Å². The molecule has 0 aliphatic carbocycles. The predicted molar refractivity (Wildman–Crippen MR) is 90.2 cm³/mol. The molecule has 0 aliphatic rings. The Kier molecular flexibility index (Phi) is 5.83. The number of nitro groups is 1. The lowest BCUT2D eigenvalue weighted by Crippen LogP contribution is -2.33. The van der Waals surface area contributed by atoms with Gasteiger partial charge in [-0.05, 0) is 30.3 Å². The van der Waals surface area contributed by atoms with Gasteiger partial charge in [0.2, 0.25) is 0 Å². The number of nitrogens with one attached hydrogen (secondary N) is 2. The fraction of sp³-hybridized carbons (Fsp3) is 0.0588. The molecule has 2 aromatic rings. The number of ether oxygens (including phenoxy) is 1.